The number of phosphoric acid groups is 2. The molecule has 0 saturated carbocycles. The Labute approximate surface area is 690 Å². The van der Waals surface area contributed by atoms with Crippen LogP contribution in [0.3, 0.4) is 0 Å². The molecule has 5 atom stereocenters. The van der Waals surface area contributed by atoms with Crippen LogP contribution in [0, 0.1) is 0 Å². The highest BCUT2D eigenvalue weighted by molar-refractivity contribution is 7.47. The normalized spacial score (nSPS) is 14.4. The minimum Gasteiger partial charge on any atom is -0.463 e. The van der Waals surface area contributed by atoms with E-state index in [9.17, 15) is 43.5 Å². The van der Waals surface area contributed by atoms with Gasteiger partial charge in [0.15, 0.2) is 6.10 Å². The number of carbonyl (C=O) groups is 3. The first-order valence-corrected chi connectivity index (χ1v) is 48.5. The van der Waals surface area contributed by atoms with Crippen LogP contribution in [-0.2, 0) is 55.8 Å². The highest BCUT2D eigenvalue weighted by Gasteiger charge is 2.29. The number of unbranched alkanes of at least 4 members (excludes halogenated alkanes) is 41. The van der Waals surface area contributed by atoms with Crippen molar-refractivity contribution < 1.29 is 75.8 Å². The molecule has 0 spiro atoms. The van der Waals surface area contributed by atoms with E-state index in [0.29, 0.717) is 19.3 Å². The summed E-state index contributed by atoms with van der Waals surface area (Å²) in [5.41, 5.74) is 0. The van der Waals surface area contributed by atoms with E-state index in [4.69, 9.17) is 32.3 Å². The molecule has 113 heavy (non-hydrogen) atoms. The van der Waals surface area contributed by atoms with Crippen molar-refractivity contribution in [3.8, 4) is 0 Å². The summed E-state index contributed by atoms with van der Waals surface area (Å²) >= 11 is 0. The number of hydrogen-bond donors (Lipinski definition) is 4. The third kappa shape index (κ3) is 88.3. The predicted molar refractivity (Wildman–Crippen MR) is 473 cm³/mol. The second-order valence-electron chi connectivity index (χ2n) is 30.4. The summed E-state index contributed by atoms with van der Waals surface area (Å²) in [6.45, 7) is 2.54. The van der Waals surface area contributed by atoms with Crippen molar-refractivity contribution in [2.45, 2.75) is 411 Å². The van der Waals surface area contributed by atoms with Crippen LogP contribution in [0.5, 0.6) is 0 Å². The van der Waals surface area contributed by atoms with E-state index in [-0.39, 0.29) is 19.3 Å². The number of allylic oxidation sites excluding steroid dienone is 22. The van der Waals surface area contributed by atoms with Gasteiger partial charge in [-0.1, -0.05) is 366 Å². The minimum atomic E-state index is -4.94. The third-order valence-electron chi connectivity index (χ3n) is 19.3. The summed E-state index contributed by atoms with van der Waals surface area (Å²) in [7, 11) is -9.80. The van der Waals surface area contributed by atoms with Crippen molar-refractivity contribution in [3.05, 3.63) is 134 Å². The van der Waals surface area contributed by atoms with Crippen LogP contribution in [0.1, 0.15) is 393 Å². The molecule has 0 amide bonds. The molecule has 5 unspecified atom stereocenters. The predicted octanol–water partition coefficient (Wildman–Crippen LogP) is 27.8. The lowest BCUT2D eigenvalue weighted by atomic mass is 10.0. The second kappa shape index (κ2) is 87.0. The van der Waals surface area contributed by atoms with E-state index in [1.807, 2.05) is 0 Å². The molecule has 0 aromatic carbocycles. The molecule has 18 heteroatoms. The van der Waals surface area contributed by atoms with Crippen LogP contribution in [-0.4, -0.2) is 95.9 Å². The second-order valence-corrected chi connectivity index (χ2v) is 33.3. The molecule has 0 aliphatic rings. The zero-order chi connectivity index (χ0) is 82.2. The van der Waals surface area contributed by atoms with Gasteiger partial charge in [-0.05, 0) is 141 Å². The van der Waals surface area contributed by atoms with Gasteiger partial charge in [0.05, 0.1) is 26.4 Å². The van der Waals surface area contributed by atoms with E-state index < -0.39 is 91.5 Å². The van der Waals surface area contributed by atoms with Gasteiger partial charge in [-0.15, -0.1) is 0 Å². The van der Waals surface area contributed by atoms with Crippen LogP contribution in [0.25, 0.3) is 0 Å². The molecule has 0 rings (SSSR count). The number of aliphatic hydroxyl groups is 2. The standard InChI is InChI=1S/C95H166O16P2/c1-4-7-10-13-16-19-22-25-28-30-32-34-36-38-40-41-42-43-44-45-46-47-49-51-52-54-56-58-61-63-66-69-72-75-78-81-93(98)105-84-90(96)85-107-112(101,102)108-86-91(97)87-109-113(103,104)110-89-92(111-95(100)83-80-77-74-71-68-65-60-27-24-21-18-15-12-9-6-3)88-106-94(99)82-79-76-73-70-67-64-62-59-57-55-53-50-48-39-37-35-33-31-29-26-23-20-17-14-11-8-5-2/h9,12,16-21,25-29,32-35,38-40,48,60,90-92,96-97H,4-8,10-11,13-15,22-24,30-31,36-37,41-47,49-59,61-89H2,1-3H3,(H,101,102)(H,103,104)/b12-9-,19-16-,20-17-,21-18-,28-25-,29-26-,34-32-,35-33-,40-38-,48-39-,60-27-. The molecule has 0 radical (unpaired) electrons. The SMILES string of the molecule is CC/C=C\C/C=C\C/C=C\CCCCCCCC(=O)OC(COC(=O)CCCCCCCCCCCCC/C=C\C/C=C\C/C=C\C/C=C\CCCCC)COP(=O)(O)OCC(O)COP(=O)(O)OCC(O)COC(=O)CCCCCCCCCCCCCCCCCCCCC/C=C\C/C=C\C/C=C\C/C=C\CCCCC. The maximum absolute atomic E-state index is 13.0. The summed E-state index contributed by atoms with van der Waals surface area (Å²) in [5, 5.41) is 20.7. The monoisotopic (exact) mass is 1630 g/mol. The van der Waals surface area contributed by atoms with E-state index >= 15 is 0 Å². The van der Waals surface area contributed by atoms with Crippen LogP contribution >= 0.6 is 15.6 Å². The molecule has 0 saturated heterocycles. The number of ether oxygens (including phenoxy) is 3. The fraction of sp³-hybridized carbons (Fsp3) is 0.737. The van der Waals surface area contributed by atoms with E-state index in [1.54, 1.807) is 0 Å². The van der Waals surface area contributed by atoms with Gasteiger partial charge < -0.3 is 34.2 Å². The van der Waals surface area contributed by atoms with Gasteiger partial charge in [0, 0.05) is 19.3 Å². The summed E-state index contributed by atoms with van der Waals surface area (Å²) in [6.07, 6.45) is 108. The average molecular weight is 1630 g/mol. The number of aliphatic hydroxyl groups excluding tert-OH is 2. The number of carbonyl (C=O) groups excluding carboxylic acids is 3. The summed E-state index contributed by atoms with van der Waals surface area (Å²) in [5.74, 6) is -1.59. The Morgan fingerprint density at radius 2 is 0.469 bits per heavy atom. The van der Waals surface area contributed by atoms with E-state index in [0.717, 1.165) is 141 Å². The van der Waals surface area contributed by atoms with Crippen molar-refractivity contribution in [2.75, 3.05) is 39.6 Å². The molecule has 0 fully saturated rings. The first kappa shape index (κ1) is 109. The molecule has 0 aliphatic heterocycles. The van der Waals surface area contributed by atoms with Gasteiger partial charge in [-0.2, -0.15) is 0 Å². The van der Waals surface area contributed by atoms with Crippen molar-refractivity contribution >= 4 is 33.6 Å². The number of hydrogen-bond acceptors (Lipinski definition) is 14. The lowest BCUT2D eigenvalue weighted by Gasteiger charge is -2.21. The van der Waals surface area contributed by atoms with Crippen LogP contribution in [0.4, 0.5) is 0 Å². The van der Waals surface area contributed by atoms with Crippen LogP contribution < -0.4 is 0 Å². The van der Waals surface area contributed by atoms with E-state index in [1.165, 1.54) is 193 Å². The quantitative estimate of drug-likeness (QED) is 0.0146. The molecular formula is C95H166O16P2. The Bertz CT molecular complexity index is 2580. The van der Waals surface area contributed by atoms with Crippen molar-refractivity contribution in [1.82, 2.24) is 0 Å². The smallest absolute Gasteiger partial charge is 0.463 e. The van der Waals surface area contributed by atoms with Crippen LogP contribution in [0.2, 0.25) is 0 Å². The fourth-order valence-electron chi connectivity index (χ4n) is 12.4. The molecule has 0 heterocycles. The Hall–Kier alpha value is -4.31. The lowest BCUT2D eigenvalue weighted by molar-refractivity contribution is -0.161. The average Bonchev–Trinajstić information content (AvgIpc) is 0.902. The number of phosphoric ester groups is 2. The van der Waals surface area contributed by atoms with Gasteiger partial charge in [-0.3, -0.25) is 32.5 Å². The Morgan fingerprint density at radius 1 is 0.257 bits per heavy atom. The van der Waals surface area contributed by atoms with E-state index in [2.05, 4.69) is 154 Å². The van der Waals surface area contributed by atoms with Crippen molar-refractivity contribution in [2.24, 2.45) is 0 Å². The zero-order valence-corrected chi connectivity index (χ0v) is 73.6. The van der Waals surface area contributed by atoms with Gasteiger partial charge in [-0.25, -0.2) is 9.13 Å². The lowest BCUT2D eigenvalue weighted by Crippen LogP contribution is -2.30. The third-order valence-corrected chi connectivity index (χ3v) is 21.2. The maximum Gasteiger partial charge on any atom is 0.472 e. The fourth-order valence-corrected chi connectivity index (χ4v) is 14.0. The first-order valence-electron chi connectivity index (χ1n) is 45.5. The van der Waals surface area contributed by atoms with Gasteiger partial charge in [0.2, 0.25) is 0 Å². The molecule has 0 aromatic rings. The maximum atomic E-state index is 13.0. The molecule has 652 valence electrons. The van der Waals surface area contributed by atoms with Crippen LogP contribution in [0.15, 0.2) is 134 Å². The van der Waals surface area contributed by atoms with Crippen molar-refractivity contribution in [3.63, 3.8) is 0 Å². The molecule has 0 aliphatic carbocycles. The van der Waals surface area contributed by atoms with Gasteiger partial charge in [0.25, 0.3) is 0 Å². The summed E-state index contributed by atoms with van der Waals surface area (Å²) in [4.78, 5) is 58.9. The first-order chi connectivity index (χ1) is 55.2. The molecular weight excluding hydrogens is 1460 g/mol. The number of esters is 3. The van der Waals surface area contributed by atoms with Crippen molar-refractivity contribution in [1.29, 1.82) is 0 Å². The molecule has 0 bridgehead atoms. The Kier molecular flexibility index (Phi) is 83.7. The summed E-state index contributed by atoms with van der Waals surface area (Å²) in [6, 6.07) is 0. The minimum absolute atomic E-state index is 0.0830. The molecule has 0 aromatic heterocycles. The highest BCUT2D eigenvalue weighted by Crippen LogP contribution is 2.45. The highest BCUT2D eigenvalue weighted by atomic mass is 31.2. The Morgan fingerprint density at radius 3 is 0.743 bits per heavy atom. The molecule has 4 N–H and O–H groups in total. The zero-order valence-electron chi connectivity index (χ0n) is 71.8. The largest absolute Gasteiger partial charge is 0.472 e. The number of rotatable bonds is 86. The summed E-state index contributed by atoms with van der Waals surface area (Å²) < 4.78 is 61.3. The topological polar surface area (TPSA) is 231 Å². The van der Waals surface area contributed by atoms with Gasteiger partial charge >= 0.3 is 33.6 Å². The Balaban J connectivity index is 4.43. The van der Waals surface area contributed by atoms with Gasteiger partial charge in [0.1, 0.15) is 25.4 Å². The molecule has 16 nitrogen and oxygen atoms in total.